The summed E-state index contributed by atoms with van der Waals surface area (Å²) in [4.78, 5) is 22.0. The van der Waals surface area contributed by atoms with Gasteiger partial charge in [-0.05, 0) is 18.6 Å². The molecule has 1 aromatic carbocycles. The molecule has 7 nitrogen and oxygen atoms in total. The van der Waals surface area contributed by atoms with Crippen molar-refractivity contribution in [3.8, 4) is 5.75 Å². The molecule has 0 fully saturated rings. The predicted octanol–water partition coefficient (Wildman–Crippen LogP) is 2.40. The summed E-state index contributed by atoms with van der Waals surface area (Å²) in [6.45, 7) is 1.32. The molecule has 24 heavy (non-hydrogen) atoms. The van der Waals surface area contributed by atoms with E-state index in [-0.39, 0.29) is 12.5 Å². The van der Waals surface area contributed by atoms with Crippen LogP contribution in [-0.2, 0) is 4.79 Å². The number of carbonyl (C=O) groups is 1. The Hall–Kier alpha value is -2.54. The maximum absolute atomic E-state index is 12.1. The zero-order valence-corrected chi connectivity index (χ0v) is 14.0. The molecule has 2 heterocycles. The van der Waals surface area contributed by atoms with E-state index < -0.39 is 0 Å². The number of aromatic nitrogens is 2. The van der Waals surface area contributed by atoms with Gasteiger partial charge in [-0.3, -0.25) is 4.79 Å². The Labute approximate surface area is 145 Å². The lowest BCUT2D eigenvalue weighted by atomic mass is 10.2. The van der Waals surface area contributed by atoms with Gasteiger partial charge in [0.2, 0.25) is 0 Å². The first-order valence-electron chi connectivity index (χ1n) is 7.65. The van der Waals surface area contributed by atoms with Crippen LogP contribution in [0.2, 0.25) is 5.15 Å². The highest BCUT2D eigenvalue weighted by molar-refractivity contribution is 6.32. The van der Waals surface area contributed by atoms with Gasteiger partial charge in [-0.1, -0.05) is 23.7 Å². The van der Waals surface area contributed by atoms with Crippen LogP contribution in [0.15, 0.2) is 30.6 Å². The number of rotatable bonds is 6. The molecule has 8 heteroatoms. The Morgan fingerprint density at radius 1 is 1.33 bits per heavy atom. The molecule has 126 valence electrons. The summed E-state index contributed by atoms with van der Waals surface area (Å²) in [5.41, 5.74) is 1.47. The molecule has 2 aromatic rings. The number of hydrogen-bond donors (Lipinski definition) is 2. The van der Waals surface area contributed by atoms with Gasteiger partial charge in [-0.2, -0.15) is 0 Å². The molecule has 0 saturated heterocycles. The third kappa shape index (κ3) is 3.35. The average Bonchev–Trinajstić information content (AvgIpc) is 2.60. The van der Waals surface area contributed by atoms with Gasteiger partial charge in [0.1, 0.15) is 17.8 Å². The zero-order valence-electron chi connectivity index (χ0n) is 13.3. The minimum atomic E-state index is -0.0327. The molecule has 1 aromatic heterocycles. The topological polar surface area (TPSA) is 79.4 Å². The van der Waals surface area contributed by atoms with Gasteiger partial charge in [0.25, 0.3) is 5.91 Å². The number of anilines is 3. The molecule has 0 unspecified atom stereocenters. The fraction of sp³-hybridized carbons (Fsp3) is 0.312. The SMILES string of the molecule is CNc1c(Cl)ncnc1NCCCN1C(=O)COc2ccccc21. The highest BCUT2D eigenvalue weighted by atomic mass is 35.5. The summed E-state index contributed by atoms with van der Waals surface area (Å²) < 4.78 is 5.44. The lowest BCUT2D eigenvalue weighted by Crippen LogP contribution is -2.39. The van der Waals surface area contributed by atoms with E-state index in [0.29, 0.717) is 29.7 Å². The Bertz CT molecular complexity index is 740. The smallest absolute Gasteiger partial charge is 0.265 e. The van der Waals surface area contributed by atoms with Crippen molar-refractivity contribution in [2.45, 2.75) is 6.42 Å². The standard InChI is InChI=1S/C16H18ClN5O2/c1-18-14-15(17)20-10-21-16(14)19-7-4-8-22-11-5-2-3-6-12(11)24-9-13(22)23/h2-3,5-6,10,18H,4,7-9H2,1H3,(H,19,20,21). The van der Waals surface area contributed by atoms with E-state index in [2.05, 4.69) is 20.6 Å². The molecular weight excluding hydrogens is 330 g/mol. The molecule has 1 aliphatic rings. The number of carbonyl (C=O) groups excluding carboxylic acids is 1. The molecule has 3 rings (SSSR count). The summed E-state index contributed by atoms with van der Waals surface area (Å²) in [6.07, 6.45) is 2.16. The number of nitrogens with one attached hydrogen (secondary N) is 2. The number of halogens is 1. The lowest BCUT2D eigenvalue weighted by Gasteiger charge is -2.29. The molecule has 0 saturated carbocycles. The summed E-state index contributed by atoms with van der Waals surface area (Å²) in [6, 6.07) is 7.55. The van der Waals surface area contributed by atoms with Crippen LogP contribution < -0.4 is 20.3 Å². The fourth-order valence-corrected chi connectivity index (χ4v) is 2.79. The highest BCUT2D eigenvalue weighted by Crippen LogP contribution is 2.31. The number of ether oxygens (including phenoxy) is 1. The van der Waals surface area contributed by atoms with Crippen molar-refractivity contribution in [3.05, 3.63) is 35.7 Å². The Morgan fingerprint density at radius 2 is 2.17 bits per heavy atom. The van der Waals surface area contributed by atoms with Crippen LogP contribution in [0.4, 0.5) is 17.2 Å². The molecular formula is C16H18ClN5O2. The van der Waals surface area contributed by atoms with Gasteiger partial charge in [-0.15, -0.1) is 0 Å². The molecule has 0 bridgehead atoms. The number of amides is 1. The van der Waals surface area contributed by atoms with E-state index in [0.717, 1.165) is 17.9 Å². The van der Waals surface area contributed by atoms with Crippen molar-refractivity contribution in [2.24, 2.45) is 0 Å². The number of para-hydroxylation sites is 2. The Balaban J connectivity index is 1.59. The summed E-state index contributed by atoms with van der Waals surface area (Å²) in [5, 5.41) is 6.56. The van der Waals surface area contributed by atoms with Gasteiger partial charge < -0.3 is 20.3 Å². The molecule has 0 spiro atoms. The van der Waals surface area contributed by atoms with E-state index in [1.165, 1.54) is 6.33 Å². The summed E-state index contributed by atoms with van der Waals surface area (Å²) in [7, 11) is 1.76. The molecule has 0 radical (unpaired) electrons. The number of nitrogens with zero attached hydrogens (tertiary/aromatic N) is 3. The van der Waals surface area contributed by atoms with Crippen LogP contribution in [0.3, 0.4) is 0 Å². The minimum absolute atomic E-state index is 0.0327. The van der Waals surface area contributed by atoms with Crippen molar-refractivity contribution in [1.29, 1.82) is 0 Å². The van der Waals surface area contributed by atoms with Crippen LogP contribution in [0.1, 0.15) is 6.42 Å². The van der Waals surface area contributed by atoms with Crippen LogP contribution in [0.5, 0.6) is 5.75 Å². The lowest BCUT2D eigenvalue weighted by molar-refractivity contribution is -0.121. The first kappa shape index (κ1) is 16.3. The average molecular weight is 348 g/mol. The van der Waals surface area contributed by atoms with Crippen LogP contribution >= 0.6 is 11.6 Å². The first-order valence-corrected chi connectivity index (χ1v) is 8.03. The summed E-state index contributed by atoms with van der Waals surface area (Å²) >= 11 is 6.02. The van der Waals surface area contributed by atoms with Gasteiger partial charge in [0, 0.05) is 20.1 Å². The highest BCUT2D eigenvalue weighted by Gasteiger charge is 2.24. The predicted molar refractivity (Wildman–Crippen MR) is 94.0 cm³/mol. The molecule has 2 N–H and O–H groups in total. The molecule has 1 aliphatic heterocycles. The second kappa shape index (κ2) is 7.35. The van der Waals surface area contributed by atoms with Gasteiger partial charge in [0.05, 0.1) is 5.69 Å². The van der Waals surface area contributed by atoms with E-state index in [4.69, 9.17) is 16.3 Å². The van der Waals surface area contributed by atoms with Crippen molar-refractivity contribution in [1.82, 2.24) is 9.97 Å². The largest absolute Gasteiger partial charge is 0.482 e. The van der Waals surface area contributed by atoms with Crippen molar-refractivity contribution in [2.75, 3.05) is 42.3 Å². The van der Waals surface area contributed by atoms with E-state index in [1.807, 2.05) is 24.3 Å². The van der Waals surface area contributed by atoms with E-state index >= 15 is 0 Å². The quantitative estimate of drug-likeness (QED) is 0.617. The van der Waals surface area contributed by atoms with Crippen molar-refractivity contribution >= 4 is 34.7 Å². The maximum Gasteiger partial charge on any atom is 0.265 e. The number of benzene rings is 1. The third-order valence-electron chi connectivity index (χ3n) is 3.71. The number of fused-ring (bicyclic) bond motifs is 1. The minimum Gasteiger partial charge on any atom is -0.482 e. The first-order chi connectivity index (χ1) is 11.7. The van der Waals surface area contributed by atoms with Crippen molar-refractivity contribution in [3.63, 3.8) is 0 Å². The fourth-order valence-electron chi connectivity index (χ4n) is 2.56. The third-order valence-corrected chi connectivity index (χ3v) is 4.00. The zero-order chi connectivity index (χ0) is 16.9. The second-order valence-electron chi connectivity index (χ2n) is 5.22. The van der Waals surface area contributed by atoms with Gasteiger partial charge >= 0.3 is 0 Å². The molecule has 0 aliphatic carbocycles. The van der Waals surface area contributed by atoms with E-state index in [1.54, 1.807) is 11.9 Å². The maximum atomic E-state index is 12.1. The Kier molecular flexibility index (Phi) is 5.00. The van der Waals surface area contributed by atoms with Gasteiger partial charge in [-0.25, -0.2) is 9.97 Å². The second-order valence-corrected chi connectivity index (χ2v) is 5.58. The number of hydrogen-bond acceptors (Lipinski definition) is 6. The molecule has 1 amide bonds. The normalized spacial score (nSPS) is 13.2. The summed E-state index contributed by atoms with van der Waals surface area (Å²) in [5.74, 6) is 1.35. The monoisotopic (exact) mass is 347 g/mol. The van der Waals surface area contributed by atoms with Crippen molar-refractivity contribution < 1.29 is 9.53 Å². The van der Waals surface area contributed by atoms with Crippen LogP contribution in [-0.4, -0.2) is 42.6 Å². The van der Waals surface area contributed by atoms with E-state index in [9.17, 15) is 4.79 Å². The Morgan fingerprint density at radius 3 is 3.00 bits per heavy atom. The van der Waals surface area contributed by atoms with Crippen LogP contribution in [0.25, 0.3) is 0 Å². The molecule has 0 atom stereocenters. The van der Waals surface area contributed by atoms with Gasteiger partial charge in [0.15, 0.2) is 17.6 Å². The van der Waals surface area contributed by atoms with Crippen LogP contribution in [0, 0.1) is 0 Å².